The molecule has 0 aliphatic carbocycles. The second-order valence-electron chi connectivity index (χ2n) is 11.7. The van der Waals surface area contributed by atoms with Gasteiger partial charge in [0.25, 0.3) is 10.0 Å². The van der Waals surface area contributed by atoms with Crippen LogP contribution < -0.4 is 9.62 Å². The Bertz CT molecular complexity index is 1670. The highest BCUT2D eigenvalue weighted by molar-refractivity contribution is 7.92. The quantitative estimate of drug-likeness (QED) is 0.208. The molecule has 0 aliphatic heterocycles. The Morgan fingerprint density at radius 3 is 1.95 bits per heavy atom. The third-order valence-corrected chi connectivity index (χ3v) is 9.06. The van der Waals surface area contributed by atoms with Crippen LogP contribution in [0.15, 0.2) is 114 Å². The van der Waals surface area contributed by atoms with Gasteiger partial charge in [-0.1, -0.05) is 90.5 Å². The summed E-state index contributed by atoms with van der Waals surface area (Å²) in [5.74, 6) is -0.857. The Morgan fingerprint density at radius 2 is 1.36 bits per heavy atom. The molecule has 230 valence electrons. The van der Waals surface area contributed by atoms with Crippen LogP contribution in [-0.2, 0) is 32.6 Å². The van der Waals surface area contributed by atoms with E-state index in [9.17, 15) is 18.0 Å². The van der Waals surface area contributed by atoms with Gasteiger partial charge in [-0.15, -0.1) is 0 Å². The smallest absolute Gasteiger partial charge is 0.264 e. The van der Waals surface area contributed by atoms with Crippen molar-refractivity contribution in [3.63, 3.8) is 0 Å². The van der Waals surface area contributed by atoms with Gasteiger partial charge in [0.2, 0.25) is 11.8 Å². The van der Waals surface area contributed by atoms with Crippen molar-refractivity contribution in [2.75, 3.05) is 10.8 Å². The summed E-state index contributed by atoms with van der Waals surface area (Å²) in [6.07, 6.45) is 0.234. The summed E-state index contributed by atoms with van der Waals surface area (Å²) in [4.78, 5) is 30.0. The zero-order valence-corrected chi connectivity index (χ0v) is 27.0. The van der Waals surface area contributed by atoms with Crippen LogP contribution in [0.3, 0.4) is 0 Å². The molecule has 0 fully saturated rings. The molecule has 1 atom stereocenters. The molecule has 4 aromatic carbocycles. The fourth-order valence-corrected chi connectivity index (χ4v) is 6.50. The second-order valence-corrected chi connectivity index (χ2v) is 14.0. The predicted octanol–water partition coefficient (Wildman–Crippen LogP) is 6.40. The van der Waals surface area contributed by atoms with Crippen molar-refractivity contribution >= 4 is 39.1 Å². The van der Waals surface area contributed by atoms with Gasteiger partial charge in [0.05, 0.1) is 10.6 Å². The van der Waals surface area contributed by atoms with E-state index in [1.807, 2.05) is 57.2 Å². The Balaban J connectivity index is 1.82. The molecule has 0 saturated carbocycles. The van der Waals surface area contributed by atoms with Gasteiger partial charge in [0, 0.05) is 23.5 Å². The lowest BCUT2D eigenvalue weighted by Gasteiger charge is -2.35. The number of amides is 2. The zero-order valence-electron chi connectivity index (χ0n) is 25.4. The summed E-state index contributed by atoms with van der Waals surface area (Å²) in [5, 5.41) is 3.57. The van der Waals surface area contributed by atoms with E-state index in [0.717, 1.165) is 15.4 Å². The monoisotopic (exact) mass is 631 g/mol. The van der Waals surface area contributed by atoms with Gasteiger partial charge in [0.15, 0.2) is 0 Å². The highest BCUT2D eigenvalue weighted by atomic mass is 35.5. The first-order chi connectivity index (χ1) is 20.8. The number of nitrogens with one attached hydrogen (secondary N) is 1. The van der Waals surface area contributed by atoms with Crippen LogP contribution in [0.25, 0.3) is 0 Å². The Morgan fingerprint density at radius 1 is 0.795 bits per heavy atom. The van der Waals surface area contributed by atoms with Crippen molar-refractivity contribution < 1.29 is 18.0 Å². The zero-order chi connectivity index (χ0) is 31.9. The van der Waals surface area contributed by atoms with Gasteiger partial charge in [-0.25, -0.2) is 8.42 Å². The molecule has 0 radical (unpaired) electrons. The third kappa shape index (κ3) is 8.49. The number of para-hydroxylation sites is 1. The standard InChI is InChI=1S/C35H38ClN3O4S/c1-26-13-11-12-18-31(26)39(44(42,43)30-16-9-6-10-17-30)25-33(40)38(24-28-19-21-29(36)22-20-28)32(34(41)37-35(2,3)4)23-27-14-7-5-8-15-27/h5-22,32H,23-25H2,1-4H3,(H,37,41)/t32-/m1/s1. The van der Waals surface area contributed by atoms with E-state index >= 15 is 0 Å². The maximum atomic E-state index is 14.5. The van der Waals surface area contributed by atoms with Crippen LogP contribution in [0, 0.1) is 6.92 Å². The third-order valence-electron chi connectivity index (χ3n) is 7.03. The Kier molecular flexibility index (Phi) is 10.5. The van der Waals surface area contributed by atoms with Gasteiger partial charge >= 0.3 is 0 Å². The Labute approximate surface area is 265 Å². The first kappa shape index (κ1) is 32.8. The van der Waals surface area contributed by atoms with Crippen molar-refractivity contribution in [3.8, 4) is 0 Å². The number of rotatable bonds is 11. The number of aryl methyl sites for hydroxylation is 1. The van der Waals surface area contributed by atoms with E-state index in [-0.39, 0.29) is 23.8 Å². The highest BCUT2D eigenvalue weighted by Crippen LogP contribution is 2.28. The van der Waals surface area contributed by atoms with Gasteiger partial charge in [-0.2, -0.15) is 0 Å². The SMILES string of the molecule is Cc1ccccc1N(CC(=O)N(Cc1ccc(Cl)cc1)[C@H](Cc1ccccc1)C(=O)NC(C)(C)C)S(=O)(=O)c1ccccc1. The average Bonchev–Trinajstić information content (AvgIpc) is 2.99. The number of carbonyl (C=O) groups is 2. The van der Waals surface area contributed by atoms with E-state index < -0.39 is 34.1 Å². The summed E-state index contributed by atoms with van der Waals surface area (Å²) < 4.78 is 29.3. The van der Waals surface area contributed by atoms with Crippen LogP contribution in [0.4, 0.5) is 5.69 Å². The molecule has 4 rings (SSSR count). The molecule has 0 saturated heterocycles. The number of carbonyl (C=O) groups excluding carboxylic acids is 2. The molecule has 0 heterocycles. The van der Waals surface area contributed by atoms with Crippen LogP contribution in [0.5, 0.6) is 0 Å². The summed E-state index contributed by atoms with van der Waals surface area (Å²) in [6.45, 7) is 6.99. The van der Waals surface area contributed by atoms with Crippen molar-refractivity contribution in [2.45, 2.75) is 57.1 Å². The van der Waals surface area contributed by atoms with Gasteiger partial charge in [-0.05, 0) is 74.7 Å². The number of hydrogen-bond acceptors (Lipinski definition) is 4. The molecule has 7 nitrogen and oxygen atoms in total. The fourth-order valence-electron chi connectivity index (χ4n) is 4.87. The maximum absolute atomic E-state index is 14.5. The van der Waals surface area contributed by atoms with Crippen LogP contribution in [0.1, 0.15) is 37.5 Å². The molecule has 0 aliphatic rings. The average molecular weight is 632 g/mol. The van der Waals surface area contributed by atoms with Gasteiger partial charge < -0.3 is 10.2 Å². The lowest BCUT2D eigenvalue weighted by atomic mass is 10.0. The summed E-state index contributed by atoms with van der Waals surface area (Å²) in [6, 6.07) is 30.6. The fraction of sp³-hybridized carbons (Fsp3) is 0.257. The van der Waals surface area contributed by atoms with Crippen molar-refractivity contribution in [1.82, 2.24) is 10.2 Å². The number of hydrogen-bond donors (Lipinski definition) is 1. The van der Waals surface area contributed by atoms with Crippen molar-refractivity contribution in [2.24, 2.45) is 0 Å². The molecule has 4 aromatic rings. The number of halogens is 1. The van der Waals surface area contributed by atoms with E-state index in [1.165, 1.54) is 17.0 Å². The maximum Gasteiger partial charge on any atom is 0.264 e. The minimum absolute atomic E-state index is 0.0617. The molecular formula is C35H38ClN3O4S. The molecule has 0 spiro atoms. The number of nitrogens with zero attached hydrogens (tertiary/aromatic N) is 2. The van der Waals surface area contributed by atoms with Crippen molar-refractivity contribution in [3.05, 3.63) is 131 Å². The van der Waals surface area contributed by atoms with Gasteiger partial charge in [0.1, 0.15) is 12.6 Å². The molecule has 1 N–H and O–H groups in total. The predicted molar refractivity (Wildman–Crippen MR) is 176 cm³/mol. The van der Waals surface area contributed by atoms with Crippen LogP contribution in [-0.4, -0.2) is 43.3 Å². The number of anilines is 1. The summed E-state index contributed by atoms with van der Waals surface area (Å²) >= 11 is 6.15. The topological polar surface area (TPSA) is 86.8 Å². The molecule has 0 aromatic heterocycles. The first-order valence-electron chi connectivity index (χ1n) is 14.4. The molecule has 44 heavy (non-hydrogen) atoms. The van der Waals surface area contributed by atoms with E-state index in [1.54, 1.807) is 67.6 Å². The number of benzene rings is 4. The molecule has 9 heteroatoms. The molecule has 2 amide bonds. The van der Waals surface area contributed by atoms with E-state index in [0.29, 0.717) is 16.3 Å². The minimum Gasteiger partial charge on any atom is -0.350 e. The van der Waals surface area contributed by atoms with Crippen molar-refractivity contribution in [1.29, 1.82) is 0 Å². The highest BCUT2D eigenvalue weighted by Gasteiger charge is 2.35. The second kappa shape index (κ2) is 14.1. The van der Waals surface area contributed by atoms with E-state index in [4.69, 9.17) is 11.6 Å². The largest absolute Gasteiger partial charge is 0.350 e. The van der Waals surface area contributed by atoms with Crippen LogP contribution in [0.2, 0.25) is 5.02 Å². The lowest BCUT2D eigenvalue weighted by molar-refractivity contribution is -0.140. The normalized spacial score (nSPS) is 12.3. The lowest BCUT2D eigenvalue weighted by Crippen LogP contribution is -2.56. The Hall–Kier alpha value is -4.14. The molecule has 0 unspecified atom stereocenters. The molecular weight excluding hydrogens is 594 g/mol. The van der Waals surface area contributed by atoms with Crippen LogP contribution >= 0.6 is 11.6 Å². The van der Waals surface area contributed by atoms with Gasteiger partial charge in [-0.3, -0.25) is 13.9 Å². The summed E-state index contributed by atoms with van der Waals surface area (Å²) in [5.41, 5.74) is 2.12. The molecule has 0 bridgehead atoms. The number of sulfonamides is 1. The minimum atomic E-state index is -4.15. The summed E-state index contributed by atoms with van der Waals surface area (Å²) in [7, 11) is -4.15. The van der Waals surface area contributed by atoms with E-state index in [2.05, 4.69) is 5.32 Å². The first-order valence-corrected chi connectivity index (χ1v) is 16.2.